The molecule has 0 saturated carbocycles. The van der Waals surface area contributed by atoms with Gasteiger partial charge in [0.25, 0.3) is 0 Å². The summed E-state index contributed by atoms with van der Waals surface area (Å²) >= 11 is 0. The summed E-state index contributed by atoms with van der Waals surface area (Å²) in [6.07, 6.45) is 24.3. The van der Waals surface area contributed by atoms with Gasteiger partial charge in [0.1, 0.15) is 13.6 Å². The molecule has 228 valence electrons. The molecule has 0 amide bonds. The summed E-state index contributed by atoms with van der Waals surface area (Å²) in [4.78, 5) is 0. The fraction of sp³-hybridized carbons (Fsp3) is 0.938. The molecule has 2 fully saturated rings. The zero-order valence-electron chi connectivity index (χ0n) is 25.2. The number of hydrogen-bond donors (Lipinski definition) is 1. The molecule has 0 bridgehead atoms. The van der Waals surface area contributed by atoms with Gasteiger partial charge in [-0.3, -0.25) is 0 Å². The minimum Gasteiger partial charge on any atom is -0.390 e. The second kappa shape index (κ2) is 22.0. The quantitative estimate of drug-likeness (QED) is 0.0825. The standard InChI is InChI=1S/C32H58O7/c1-5-7-8-9-10-11-12-13-14-15-17-29(36-24-34-3)31-22-23-32(39-31)30(37-25-35-4)21-19-27(33)28-20-18-26(38-28)16-6-2/h2,26-33H,5,7-25H2,1,3-4H3/t26-,27+,28+,29-,30-,31-,32-/m1/s1. The maximum absolute atomic E-state index is 10.8. The Hall–Kier alpha value is -0.720. The molecule has 39 heavy (non-hydrogen) atoms. The lowest BCUT2D eigenvalue weighted by Gasteiger charge is -2.28. The molecule has 0 aliphatic carbocycles. The molecule has 7 atom stereocenters. The molecule has 0 aromatic heterocycles. The molecule has 0 unspecified atom stereocenters. The molecule has 7 heteroatoms. The second-order valence-electron chi connectivity index (χ2n) is 11.4. The van der Waals surface area contributed by atoms with Crippen molar-refractivity contribution < 1.29 is 33.5 Å². The van der Waals surface area contributed by atoms with Crippen LogP contribution in [0, 0.1) is 12.3 Å². The van der Waals surface area contributed by atoms with Gasteiger partial charge in [0.2, 0.25) is 0 Å². The van der Waals surface area contributed by atoms with Crippen LogP contribution in [0.5, 0.6) is 0 Å². The zero-order valence-corrected chi connectivity index (χ0v) is 25.2. The number of terminal acetylenes is 1. The lowest BCUT2D eigenvalue weighted by Crippen LogP contribution is -2.36. The second-order valence-corrected chi connectivity index (χ2v) is 11.4. The van der Waals surface area contributed by atoms with Crippen molar-refractivity contribution in [1.82, 2.24) is 0 Å². The van der Waals surface area contributed by atoms with Gasteiger partial charge in [0, 0.05) is 20.6 Å². The normalized spacial score (nSPS) is 25.5. The molecular weight excluding hydrogens is 496 g/mol. The van der Waals surface area contributed by atoms with E-state index < -0.39 is 6.10 Å². The first-order valence-electron chi connectivity index (χ1n) is 15.8. The molecule has 0 radical (unpaired) electrons. The molecule has 1 N–H and O–H groups in total. The highest BCUT2D eigenvalue weighted by Crippen LogP contribution is 2.32. The number of unbranched alkanes of at least 4 members (excludes halogenated alkanes) is 9. The number of aliphatic hydroxyl groups excluding tert-OH is 1. The van der Waals surface area contributed by atoms with Gasteiger partial charge in [-0.15, -0.1) is 12.3 Å². The Kier molecular flexibility index (Phi) is 19.4. The number of rotatable bonds is 24. The molecule has 7 nitrogen and oxygen atoms in total. The maximum Gasteiger partial charge on any atom is 0.146 e. The van der Waals surface area contributed by atoms with E-state index in [4.69, 9.17) is 34.8 Å². The predicted molar refractivity (Wildman–Crippen MR) is 154 cm³/mol. The van der Waals surface area contributed by atoms with E-state index in [1.54, 1.807) is 14.2 Å². The minimum absolute atomic E-state index is 0.0256. The van der Waals surface area contributed by atoms with Gasteiger partial charge in [-0.2, -0.15) is 0 Å². The SMILES string of the molecule is C#CC[C@@H]1CC[C@@H]([C@@H](O)CC[C@@H](OCOC)[C@H]2CC[C@H]([C@@H](CCCCCCCCCCCC)OCOC)O2)O1. The van der Waals surface area contributed by atoms with Crippen LogP contribution < -0.4 is 0 Å². The summed E-state index contributed by atoms with van der Waals surface area (Å²) in [6.45, 7) is 2.76. The molecule has 2 heterocycles. The Morgan fingerprint density at radius 1 is 0.718 bits per heavy atom. The highest BCUT2D eigenvalue weighted by Gasteiger charge is 2.38. The monoisotopic (exact) mass is 554 g/mol. The van der Waals surface area contributed by atoms with Gasteiger partial charge in [0.05, 0.1) is 42.7 Å². The maximum atomic E-state index is 10.8. The molecule has 0 aromatic rings. The average Bonchev–Trinajstić information content (AvgIpc) is 3.62. The molecule has 2 saturated heterocycles. The fourth-order valence-corrected chi connectivity index (χ4v) is 5.95. The van der Waals surface area contributed by atoms with Crippen LogP contribution in [0.3, 0.4) is 0 Å². The van der Waals surface area contributed by atoms with Crippen LogP contribution in [0.2, 0.25) is 0 Å². The van der Waals surface area contributed by atoms with Gasteiger partial charge in [-0.25, -0.2) is 0 Å². The molecule has 0 spiro atoms. The van der Waals surface area contributed by atoms with E-state index >= 15 is 0 Å². The Morgan fingerprint density at radius 2 is 1.26 bits per heavy atom. The first-order chi connectivity index (χ1) is 19.1. The van der Waals surface area contributed by atoms with Crippen LogP contribution in [-0.4, -0.2) is 75.6 Å². The fourth-order valence-electron chi connectivity index (χ4n) is 5.95. The third-order valence-corrected chi connectivity index (χ3v) is 8.22. The number of aliphatic hydroxyl groups is 1. The average molecular weight is 555 g/mol. The zero-order chi connectivity index (χ0) is 28.1. The van der Waals surface area contributed by atoms with Gasteiger partial charge in [-0.1, -0.05) is 71.1 Å². The highest BCUT2D eigenvalue weighted by molar-refractivity contribution is 4.91. The van der Waals surface area contributed by atoms with E-state index in [0.29, 0.717) is 19.3 Å². The van der Waals surface area contributed by atoms with E-state index in [9.17, 15) is 5.11 Å². The first-order valence-corrected chi connectivity index (χ1v) is 15.8. The molecule has 2 rings (SSSR count). The smallest absolute Gasteiger partial charge is 0.146 e. The Bertz CT molecular complexity index is 624. The molecule has 0 aromatic carbocycles. The summed E-state index contributed by atoms with van der Waals surface area (Å²) < 4.78 is 35.0. The molecular formula is C32H58O7. The third kappa shape index (κ3) is 14.1. The summed E-state index contributed by atoms with van der Waals surface area (Å²) in [5, 5.41) is 10.8. The first kappa shape index (κ1) is 34.5. The number of methoxy groups -OCH3 is 2. The van der Waals surface area contributed by atoms with Gasteiger partial charge in [-0.05, 0) is 44.9 Å². The van der Waals surface area contributed by atoms with Crippen LogP contribution in [0.4, 0.5) is 0 Å². The van der Waals surface area contributed by atoms with Crippen LogP contribution in [-0.2, 0) is 28.4 Å². The van der Waals surface area contributed by atoms with Crippen molar-refractivity contribution in [2.75, 3.05) is 27.8 Å². The van der Waals surface area contributed by atoms with Crippen molar-refractivity contribution >= 4 is 0 Å². The Morgan fingerprint density at radius 3 is 1.82 bits per heavy atom. The van der Waals surface area contributed by atoms with Crippen molar-refractivity contribution in [3.8, 4) is 12.3 Å². The lowest BCUT2D eigenvalue weighted by molar-refractivity contribution is -0.160. The lowest BCUT2D eigenvalue weighted by atomic mass is 9.98. The number of ether oxygens (including phenoxy) is 6. The van der Waals surface area contributed by atoms with Crippen molar-refractivity contribution in [3.05, 3.63) is 0 Å². The Balaban J connectivity index is 1.75. The highest BCUT2D eigenvalue weighted by atomic mass is 16.7. The Labute approximate surface area is 239 Å². The van der Waals surface area contributed by atoms with Crippen molar-refractivity contribution in [2.45, 2.75) is 165 Å². The van der Waals surface area contributed by atoms with E-state index in [1.165, 1.54) is 57.8 Å². The van der Waals surface area contributed by atoms with Crippen LogP contribution in [0.25, 0.3) is 0 Å². The van der Waals surface area contributed by atoms with Gasteiger partial charge in [0.15, 0.2) is 0 Å². The number of hydrogen-bond acceptors (Lipinski definition) is 7. The summed E-state index contributed by atoms with van der Waals surface area (Å²) in [5.74, 6) is 2.66. The van der Waals surface area contributed by atoms with Crippen LogP contribution >= 0.6 is 0 Å². The topological polar surface area (TPSA) is 75.6 Å². The molecule has 2 aliphatic rings. The van der Waals surface area contributed by atoms with Crippen molar-refractivity contribution in [1.29, 1.82) is 0 Å². The van der Waals surface area contributed by atoms with Crippen LogP contribution in [0.1, 0.15) is 122 Å². The van der Waals surface area contributed by atoms with E-state index in [0.717, 1.165) is 38.5 Å². The predicted octanol–water partition coefficient (Wildman–Crippen LogP) is 6.54. The summed E-state index contributed by atoms with van der Waals surface area (Å²) in [7, 11) is 3.29. The van der Waals surface area contributed by atoms with E-state index in [2.05, 4.69) is 12.8 Å². The summed E-state index contributed by atoms with van der Waals surface area (Å²) in [5.41, 5.74) is 0. The van der Waals surface area contributed by atoms with Gasteiger partial charge >= 0.3 is 0 Å². The van der Waals surface area contributed by atoms with E-state index in [-0.39, 0.29) is 50.2 Å². The third-order valence-electron chi connectivity index (χ3n) is 8.22. The summed E-state index contributed by atoms with van der Waals surface area (Å²) in [6, 6.07) is 0. The largest absolute Gasteiger partial charge is 0.390 e. The molecule has 2 aliphatic heterocycles. The van der Waals surface area contributed by atoms with Crippen LogP contribution in [0.15, 0.2) is 0 Å². The van der Waals surface area contributed by atoms with Crippen molar-refractivity contribution in [2.24, 2.45) is 0 Å². The van der Waals surface area contributed by atoms with Crippen molar-refractivity contribution in [3.63, 3.8) is 0 Å². The van der Waals surface area contributed by atoms with Gasteiger partial charge < -0.3 is 33.5 Å². The minimum atomic E-state index is -0.534. The van der Waals surface area contributed by atoms with E-state index in [1.807, 2.05) is 0 Å².